The molecular formula is C13H17ClFNO. The van der Waals surface area contributed by atoms with Crippen LogP contribution in [0.4, 0.5) is 4.39 Å². The lowest BCUT2D eigenvalue weighted by Crippen LogP contribution is -2.20. The molecule has 1 N–H and O–H groups in total. The van der Waals surface area contributed by atoms with Crippen LogP contribution >= 0.6 is 11.6 Å². The zero-order valence-electron chi connectivity index (χ0n) is 9.72. The van der Waals surface area contributed by atoms with Crippen LogP contribution in [-0.2, 0) is 11.3 Å². The minimum atomic E-state index is -0.321. The van der Waals surface area contributed by atoms with E-state index in [2.05, 4.69) is 5.32 Å². The summed E-state index contributed by atoms with van der Waals surface area (Å²) in [5, 5.41) is 3.40. The molecule has 1 aromatic rings. The molecule has 0 radical (unpaired) electrons. The van der Waals surface area contributed by atoms with Crippen LogP contribution in [0.2, 0.25) is 5.02 Å². The Morgan fingerprint density at radius 3 is 3.12 bits per heavy atom. The van der Waals surface area contributed by atoms with Gasteiger partial charge in [-0.25, -0.2) is 4.39 Å². The molecule has 1 aliphatic heterocycles. The largest absolute Gasteiger partial charge is 0.378 e. The quantitative estimate of drug-likeness (QED) is 0.819. The molecule has 0 aromatic heterocycles. The van der Waals surface area contributed by atoms with Gasteiger partial charge in [0.2, 0.25) is 0 Å². The Bertz CT molecular complexity index is 366. The van der Waals surface area contributed by atoms with Crippen molar-refractivity contribution < 1.29 is 9.13 Å². The van der Waals surface area contributed by atoms with Gasteiger partial charge in [0.05, 0.1) is 11.1 Å². The van der Waals surface area contributed by atoms with Crippen molar-refractivity contribution in [1.82, 2.24) is 5.32 Å². The van der Waals surface area contributed by atoms with Crippen LogP contribution in [0.3, 0.4) is 0 Å². The molecule has 1 aliphatic rings. The van der Waals surface area contributed by atoms with Gasteiger partial charge in [-0.1, -0.05) is 23.7 Å². The Labute approximate surface area is 106 Å². The third-order valence-electron chi connectivity index (χ3n) is 3.01. The second-order valence-electron chi connectivity index (χ2n) is 4.31. The molecule has 1 heterocycles. The maximum Gasteiger partial charge on any atom is 0.146 e. The SMILES string of the molecule is Fc1c(Cl)cccc1CNCCC1CCCO1. The number of hydrogen-bond acceptors (Lipinski definition) is 2. The molecule has 17 heavy (non-hydrogen) atoms. The summed E-state index contributed by atoms with van der Waals surface area (Å²) in [6, 6.07) is 5.08. The molecule has 1 fully saturated rings. The summed E-state index contributed by atoms with van der Waals surface area (Å²) in [6.45, 7) is 2.24. The molecular weight excluding hydrogens is 241 g/mol. The molecule has 0 amide bonds. The molecule has 0 saturated carbocycles. The van der Waals surface area contributed by atoms with Crippen molar-refractivity contribution in [2.45, 2.75) is 31.9 Å². The van der Waals surface area contributed by atoms with E-state index in [1.165, 1.54) is 0 Å². The van der Waals surface area contributed by atoms with Gasteiger partial charge in [-0.05, 0) is 31.9 Å². The summed E-state index contributed by atoms with van der Waals surface area (Å²) in [4.78, 5) is 0. The molecule has 4 heteroatoms. The molecule has 2 rings (SSSR count). The molecule has 0 bridgehead atoms. The average Bonchev–Trinajstić information content (AvgIpc) is 2.83. The Morgan fingerprint density at radius 2 is 2.35 bits per heavy atom. The van der Waals surface area contributed by atoms with E-state index in [4.69, 9.17) is 16.3 Å². The molecule has 94 valence electrons. The van der Waals surface area contributed by atoms with E-state index in [0.29, 0.717) is 18.2 Å². The van der Waals surface area contributed by atoms with E-state index >= 15 is 0 Å². The van der Waals surface area contributed by atoms with E-state index in [-0.39, 0.29) is 10.8 Å². The first-order chi connectivity index (χ1) is 8.27. The highest BCUT2D eigenvalue weighted by Crippen LogP contribution is 2.18. The summed E-state index contributed by atoms with van der Waals surface area (Å²) >= 11 is 5.71. The molecule has 0 spiro atoms. The lowest BCUT2D eigenvalue weighted by molar-refractivity contribution is 0.104. The molecule has 1 aromatic carbocycles. The lowest BCUT2D eigenvalue weighted by Gasteiger charge is -2.10. The van der Waals surface area contributed by atoms with Crippen LogP contribution in [0.1, 0.15) is 24.8 Å². The van der Waals surface area contributed by atoms with Crippen molar-refractivity contribution in [2.24, 2.45) is 0 Å². The summed E-state index contributed by atoms with van der Waals surface area (Å²) in [5.74, 6) is -0.321. The number of ether oxygens (including phenoxy) is 1. The number of benzene rings is 1. The van der Waals surface area contributed by atoms with E-state index in [1.807, 2.05) is 0 Å². The van der Waals surface area contributed by atoms with Crippen LogP contribution in [0, 0.1) is 5.82 Å². The van der Waals surface area contributed by atoms with Gasteiger partial charge in [-0.2, -0.15) is 0 Å². The van der Waals surface area contributed by atoms with Crippen molar-refractivity contribution in [1.29, 1.82) is 0 Å². The number of rotatable bonds is 5. The predicted molar refractivity (Wildman–Crippen MR) is 66.7 cm³/mol. The van der Waals surface area contributed by atoms with E-state index in [1.54, 1.807) is 18.2 Å². The fraction of sp³-hybridized carbons (Fsp3) is 0.538. The first-order valence-electron chi connectivity index (χ1n) is 6.02. The zero-order valence-corrected chi connectivity index (χ0v) is 10.5. The van der Waals surface area contributed by atoms with E-state index in [9.17, 15) is 4.39 Å². The van der Waals surface area contributed by atoms with Crippen molar-refractivity contribution in [3.8, 4) is 0 Å². The van der Waals surface area contributed by atoms with Gasteiger partial charge in [-0.15, -0.1) is 0 Å². The predicted octanol–water partition coefficient (Wildman–Crippen LogP) is 3.14. The van der Waals surface area contributed by atoms with Gasteiger partial charge in [0, 0.05) is 18.7 Å². The average molecular weight is 258 g/mol. The minimum Gasteiger partial charge on any atom is -0.378 e. The number of halogens is 2. The van der Waals surface area contributed by atoms with Crippen LogP contribution < -0.4 is 5.32 Å². The molecule has 1 atom stereocenters. The van der Waals surface area contributed by atoms with Gasteiger partial charge >= 0.3 is 0 Å². The summed E-state index contributed by atoms with van der Waals surface area (Å²) < 4.78 is 19.0. The normalized spacial score (nSPS) is 19.8. The third-order valence-corrected chi connectivity index (χ3v) is 3.31. The van der Waals surface area contributed by atoms with Gasteiger partial charge in [0.15, 0.2) is 0 Å². The monoisotopic (exact) mass is 257 g/mol. The Balaban J connectivity index is 1.72. The van der Waals surface area contributed by atoms with Gasteiger partial charge in [-0.3, -0.25) is 0 Å². The molecule has 0 aliphatic carbocycles. The maximum absolute atomic E-state index is 13.5. The van der Waals surface area contributed by atoms with Crippen molar-refractivity contribution >= 4 is 11.6 Å². The van der Waals surface area contributed by atoms with Crippen molar-refractivity contribution in [3.63, 3.8) is 0 Å². The second-order valence-corrected chi connectivity index (χ2v) is 4.72. The van der Waals surface area contributed by atoms with Crippen molar-refractivity contribution in [3.05, 3.63) is 34.6 Å². The molecule has 1 unspecified atom stereocenters. The highest BCUT2D eigenvalue weighted by molar-refractivity contribution is 6.30. The Hall–Kier alpha value is -0.640. The number of nitrogens with one attached hydrogen (secondary N) is 1. The van der Waals surface area contributed by atoms with Gasteiger partial charge in [0.1, 0.15) is 5.82 Å². The third kappa shape index (κ3) is 3.66. The second kappa shape index (κ2) is 6.34. The Kier molecular flexibility index (Phi) is 4.77. The highest BCUT2D eigenvalue weighted by Gasteiger charge is 2.14. The maximum atomic E-state index is 13.5. The van der Waals surface area contributed by atoms with Crippen molar-refractivity contribution in [2.75, 3.05) is 13.2 Å². The van der Waals surface area contributed by atoms with Crippen LogP contribution in [0.5, 0.6) is 0 Å². The molecule has 2 nitrogen and oxygen atoms in total. The number of hydrogen-bond donors (Lipinski definition) is 1. The van der Waals surface area contributed by atoms with Crippen LogP contribution in [0.25, 0.3) is 0 Å². The lowest BCUT2D eigenvalue weighted by atomic mass is 10.1. The van der Waals surface area contributed by atoms with Crippen LogP contribution in [-0.4, -0.2) is 19.3 Å². The first kappa shape index (κ1) is 12.8. The summed E-state index contributed by atoms with van der Waals surface area (Å²) in [7, 11) is 0. The fourth-order valence-corrected chi connectivity index (χ4v) is 2.24. The standard InChI is InChI=1S/C13H17ClFNO/c14-12-5-1-3-10(13(12)15)9-16-7-6-11-4-2-8-17-11/h1,3,5,11,16H,2,4,6-9H2. The zero-order chi connectivity index (χ0) is 12.1. The fourth-order valence-electron chi connectivity index (χ4n) is 2.04. The van der Waals surface area contributed by atoms with E-state index < -0.39 is 0 Å². The van der Waals surface area contributed by atoms with Crippen LogP contribution in [0.15, 0.2) is 18.2 Å². The summed E-state index contributed by atoms with van der Waals surface area (Å²) in [6.07, 6.45) is 3.68. The smallest absolute Gasteiger partial charge is 0.146 e. The van der Waals surface area contributed by atoms with Gasteiger partial charge < -0.3 is 10.1 Å². The first-order valence-corrected chi connectivity index (χ1v) is 6.40. The Morgan fingerprint density at radius 1 is 1.47 bits per heavy atom. The highest BCUT2D eigenvalue weighted by atomic mass is 35.5. The summed E-state index contributed by atoms with van der Waals surface area (Å²) in [5.41, 5.74) is 0.616. The van der Waals surface area contributed by atoms with Gasteiger partial charge in [0.25, 0.3) is 0 Å². The topological polar surface area (TPSA) is 21.3 Å². The molecule has 1 saturated heterocycles. The minimum absolute atomic E-state index is 0.184. The van der Waals surface area contributed by atoms with E-state index in [0.717, 1.165) is 32.4 Å².